The number of hydrogen-bond acceptors (Lipinski definition) is 4. The van der Waals surface area contributed by atoms with E-state index >= 15 is 0 Å². The fourth-order valence-corrected chi connectivity index (χ4v) is 0.467. The fourth-order valence-electron chi connectivity index (χ4n) is 0.467. The molecule has 0 radical (unpaired) electrons. The molecule has 4 N–H and O–H groups in total. The van der Waals surface area contributed by atoms with E-state index in [1.54, 1.807) is 0 Å². The van der Waals surface area contributed by atoms with Gasteiger partial charge in [0.05, 0.1) is 5.75 Å². The summed E-state index contributed by atoms with van der Waals surface area (Å²) in [5, 5.41) is 26.0. The third-order valence-electron chi connectivity index (χ3n) is 0.925. The Kier molecular flexibility index (Phi) is 5.91. The Balaban J connectivity index is 0.000000354. The Labute approximate surface area is 86.6 Å². The molecule has 12 heavy (non-hydrogen) atoms. The second-order valence-corrected chi connectivity index (χ2v) is 2.34. The van der Waals surface area contributed by atoms with Crippen molar-refractivity contribution in [1.82, 2.24) is 0 Å². The molecule has 0 bridgehead atoms. The van der Waals surface area contributed by atoms with Crippen LogP contribution < -0.4 is 0 Å². The first-order valence-corrected chi connectivity index (χ1v) is 5.92. The summed E-state index contributed by atoms with van der Waals surface area (Å²) in [5.74, 6) is -1.24. The molecule has 1 aromatic rings. The van der Waals surface area contributed by atoms with Gasteiger partial charge in [0.2, 0.25) is 0 Å². The van der Waals surface area contributed by atoms with Crippen molar-refractivity contribution in [2.24, 2.45) is 0 Å². The zero-order chi connectivity index (χ0) is 9.56. The SMILES string of the molecule is Oc1c[c-]cc(O)c1O.[O]=[La][OH]. The van der Waals surface area contributed by atoms with E-state index < -0.39 is 38.2 Å². The van der Waals surface area contributed by atoms with Gasteiger partial charge in [-0.3, -0.25) is 0 Å². The average Bonchev–Trinajstić information content (AvgIpc) is 2.02. The maximum atomic E-state index is 8.69. The van der Waals surface area contributed by atoms with Crippen molar-refractivity contribution in [3.8, 4) is 17.2 Å². The summed E-state index contributed by atoms with van der Waals surface area (Å²) in [4.78, 5) is 0. The second-order valence-electron chi connectivity index (χ2n) is 1.68. The third kappa shape index (κ3) is 3.82. The first-order chi connectivity index (χ1) is 5.63. The van der Waals surface area contributed by atoms with Crippen LogP contribution in [0.2, 0.25) is 0 Å². The van der Waals surface area contributed by atoms with Crippen LogP contribution in [0.15, 0.2) is 12.1 Å². The summed E-state index contributed by atoms with van der Waals surface area (Å²) in [6, 6.07) is 4.73. The van der Waals surface area contributed by atoms with Crippen LogP contribution in [0, 0.1) is 38.5 Å². The Hall–Kier alpha value is -0.425. The first-order valence-electron chi connectivity index (χ1n) is 2.82. The zero-order valence-electron chi connectivity index (χ0n) is 5.93. The molecule has 0 saturated heterocycles. The summed E-state index contributed by atoms with van der Waals surface area (Å²) in [6.07, 6.45) is 0. The summed E-state index contributed by atoms with van der Waals surface area (Å²) < 4.78 is 15.9. The minimum absolute atomic E-state index is 0.366. The van der Waals surface area contributed by atoms with Crippen molar-refractivity contribution in [1.29, 1.82) is 0 Å². The molecule has 0 atom stereocenters. The molecule has 0 unspecified atom stereocenters. The minimum atomic E-state index is -2.25. The fraction of sp³-hybridized carbons (Fsp3) is 0. The van der Waals surface area contributed by atoms with E-state index in [4.69, 9.17) is 19.1 Å². The van der Waals surface area contributed by atoms with Gasteiger partial charge in [0.15, 0.2) is 0 Å². The quantitative estimate of drug-likeness (QED) is 0.397. The molecule has 0 amide bonds. The van der Waals surface area contributed by atoms with E-state index in [1.807, 2.05) is 0 Å². The molecule has 0 aliphatic carbocycles. The van der Waals surface area contributed by atoms with E-state index in [1.165, 1.54) is 0 Å². The van der Waals surface area contributed by atoms with Gasteiger partial charge < -0.3 is 15.3 Å². The van der Waals surface area contributed by atoms with Gasteiger partial charge in [-0.25, -0.2) is 0 Å². The van der Waals surface area contributed by atoms with Crippen LogP contribution >= 0.6 is 0 Å². The first kappa shape index (κ1) is 11.6. The predicted octanol–water partition coefficient (Wildman–Crippen LogP) is -0.0722. The monoisotopic (exact) mass is 297 g/mol. The van der Waals surface area contributed by atoms with Crippen LogP contribution in [0.1, 0.15) is 0 Å². The molecule has 0 heterocycles. The molecule has 6 heteroatoms. The third-order valence-corrected chi connectivity index (χ3v) is 0.925. The van der Waals surface area contributed by atoms with Gasteiger partial charge >= 0.3 is 36.2 Å². The van der Waals surface area contributed by atoms with Gasteiger partial charge in [-0.05, 0) is 0 Å². The van der Waals surface area contributed by atoms with Crippen molar-refractivity contribution in [2.75, 3.05) is 0 Å². The molecule has 0 aliphatic heterocycles. The molecule has 0 saturated carbocycles. The second kappa shape index (κ2) is 6.13. The van der Waals surface area contributed by atoms with Crippen LogP contribution in [0.3, 0.4) is 0 Å². The van der Waals surface area contributed by atoms with Gasteiger partial charge in [0.1, 0.15) is 0 Å². The molecule has 0 aromatic heterocycles. The Bertz CT molecular complexity index is 242. The maximum absolute atomic E-state index is 8.69. The van der Waals surface area contributed by atoms with E-state index in [-0.39, 0.29) is 11.5 Å². The molecule has 1 rings (SSSR count). The molecule has 1 aromatic carbocycles. The Morgan fingerprint density at radius 2 is 1.50 bits per heavy atom. The molecule has 0 aliphatic rings. The van der Waals surface area contributed by atoms with Gasteiger partial charge in [0.25, 0.3) is 0 Å². The topological polar surface area (TPSA) is 98.0 Å². The van der Waals surface area contributed by atoms with E-state index in [2.05, 4.69) is 6.07 Å². The number of rotatable bonds is 0. The van der Waals surface area contributed by atoms with Crippen LogP contribution in [0.25, 0.3) is 0 Å². The van der Waals surface area contributed by atoms with Crippen molar-refractivity contribution in [3.63, 3.8) is 0 Å². The summed E-state index contributed by atoms with van der Waals surface area (Å²) in [6.45, 7) is 0. The zero-order valence-corrected chi connectivity index (χ0v) is 9.55. The van der Waals surface area contributed by atoms with E-state index in [0.29, 0.717) is 0 Å². The average molecular weight is 297 g/mol. The normalized spacial score (nSPS) is 7.75. The number of phenols is 3. The van der Waals surface area contributed by atoms with Crippen molar-refractivity contribution in [2.45, 2.75) is 0 Å². The Morgan fingerprint density at radius 3 is 1.75 bits per heavy atom. The molecule has 0 fully saturated rings. The van der Waals surface area contributed by atoms with Crippen molar-refractivity contribution >= 4 is 0 Å². The standard InChI is InChI=1S/C6H5O3.La.H2O.O/c7-4-2-1-3-5(8)6(4)9;;;/h2-3,7-9H;;1H2;/q-1;+1;;/p-1. The number of benzene rings is 1. The molecule has 64 valence electrons. The molecular weight excluding hydrogens is 291 g/mol. The van der Waals surface area contributed by atoms with Crippen LogP contribution in [0.5, 0.6) is 17.2 Å². The van der Waals surface area contributed by atoms with Gasteiger partial charge in [-0.2, -0.15) is 6.07 Å². The molecule has 5 nitrogen and oxygen atoms in total. The van der Waals surface area contributed by atoms with E-state index in [0.717, 1.165) is 12.1 Å². The summed E-state index contributed by atoms with van der Waals surface area (Å²) in [7, 11) is 0. The predicted molar refractivity (Wildman–Crippen MR) is 33.2 cm³/mol. The van der Waals surface area contributed by atoms with Crippen LogP contribution in [-0.4, -0.2) is 17.4 Å². The van der Waals surface area contributed by atoms with Crippen LogP contribution in [0.4, 0.5) is 0 Å². The van der Waals surface area contributed by atoms with Gasteiger partial charge in [-0.15, -0.1) is 12.1 Å². The number of hydrogen-bond donors (Lipinski definition) is 4. The number of aromatic hydroxyl groups is 3. The van der Waals surface area contributed by atoms with E-state index in [9.17, 15) is 0 Å². The summed E-state index contributed by atoms with van der Waals surface area (Å²) in [5.41, 5.74) is 0. The van der Waals surface area contributed by atoms with Crippen molar-refractivity contribution < 1.29 is 51.6 Å². The Morgan fingerprint density at radius 1 is 1.17 bits per heavy atom. The number of phenolic OH excluding ortho intramolecular Hbond substituents is 3. The molecule has 0 spiro atoms. The van der Waals surface area contributed by atoms with Gasteiger partial charge in [0, 0.05) is 11.5 Å². The molecular formula is C6H6LaO5-. The summed E-state index contributed by atoms with van der Waals surface area (Å²) >= 11 is -2.25. The van der Waals surface area contributed by atoms with Gasteiger partial charge in [-0.1, -0.05) is 0 Å². The van der Waals surface area contributed by atoms with Crippen molar-refractivity contribution in [3.05, 3.63) is 18.2 Å². The van der Waals surface area contributed by atoms with Crippen LogP contribution in [-0.2, 0) is 1.70 Å².